The fraction of sp³-hybridized carbons (Fsp3) is 0.229. The lowest BCUT2D eigenvalue weighted by atomic mass is 9.93. The minimum Gasteiger partial charge on any atom is -0.358 e. The molecule has 0 saturated carbocycles. The molecule has 2 aliphatic heterocycles. The molecule has 0 aliphatic carbocycles. The normalized spacial score (nSPS) is 22.5. The van der Waals surface area contributed by atoms with Gasteiger partial charge in [-0.25, -0.2) is 0 Å². The molecule has 0 aromatic heterocycles. The molecule has 1 saturated heterocycles. The van der Waals surface area contributed by atoms with E-state index in [1.54, 1.807) is 0 Å². The number of nitrogens with zero attached hydrogens (tertiary/aromatic N) is 5. The van der Waals surface area contributed by atoms with Gasteiger partial charge in [-0.1, -0.05) is 121 Å². The summed E-state index contributed by atoms with van der Waals surface area (Å²) < 4.78 is 2.34. The van der Waals surface area contributed by atoms with Crippen molar-refractivity contribution < 1.29 is 4.58 Å². The van der Waals surface area contributed by atoms with Crippen molar-refractivity contribution in [1.82, 2.24) is 14.7 Å². The lowest BCUT2D eigenvalue weighted by Gasteiger charge is -2.26. The van der Waals surface area contributed by atoms with Crippen LogP contribution in [0.5, 0.6) is 0 Å². The number of rotatable bonds is 4. The highest BCUT2D eigenvalue weighted by atomic mass is 15.5. The summed E-state index contributed by atoms with van der Waals surface area (Å²) in [5.74, 6) is 1.93. The maximum absolute atomic E-state index is 5.44. The van der Waals surface area contributed by atoms with Gasteiger partial charge in [-0.2, -0.15) is 0 Å². The minimum atomic E-state index is 0. The van der Waals surface area contributed by atoms with Gasteiger partial charge in [0, 0.05) is 14.1 Å². The molecule has 0 unspecified atom stereocenters. The van der Waals surface area contributed by atoms with Crippen LogP contribution in [0.25, 0.3) is 0 Å². The van der Waals surface area contributed by atoms with Gasteiger partial charge in [0.05, 0.1) is 26.2 Å². The van der Waals surface area contributed by atoms with Crippen molar-refractivity contribution in [2.75, 3.05) is 28.2 Å². The molecule has 0 amide bonds. The van der Waals surface area contributed by atoms with E-state index in [1.165, 1.54) is 22.3 Å². The van der Waals surface area contributed by atoms with Gasteiger partial charge in [0.2, 0.25) is 0 Å². The third-order valence-corrected chi connectivity index (χ3v) is 8.29. The van der Waals surface area contributed by atoms with E-state index in [-0.39, 0.29) is 31.6 Å². The van der Waals surface area contributed by atoms with Gasteiger partial charge in [0.1, 0.15) is 12.1 Å². The maximum atomic E-state index is 5.44. The first-order chi connectivity index (χ1) is 19.1. The highest BCUT2D eigenvalue weighted by molar-refractivity contribution is 5.95. The Labute approximate surface area is 239 Å². The fourth-order valence-corrected chi connectivity index (χ4v) is 6.47. The molecule has 0 spiro atoms. The van der Waals surface area contributed by atoms with Gasteiger partial charge in [0.25, 0.3) is 5.96 Å². The van der Waals surface area contributed by atoms with Gasteiger partial charge in [-0.05, 0) is 27.2 Å². The van der Waals surface area contributed by atoms with Crippen molar-refractivity contribution in [3.8, 4) is 0 Å². The second-order valence-corrected chi connectivity index (χ2v) is 10.6. The first kappa shape index (κ1) is 27.2. The molecular weight excluding hydrogens is 490 g/mol. The van der Waals surface area contributed by atoms with Crippen LogP contribution in [0.2, 0.25) is 0 Å². The van der Waals surface area contributed by atoms with Crippen molar-refractivity contribution in [3.63, 3.8) is 0 Å². The zero-order valence-electron chi connectivity index (χ0n) is 24.1. The molecule has 6 rings (SSSR count). The molecule has 4 aromatic carbocycles. The van der Waals surface area contributed by atoms with Gasteiger partial charge in [0.15, 0.2) is 0 Å². The number of hydrogen-bond donors (Lipinski definition) is 0. The maximum Gasteiger partial charge on any atom is 0.393 e. The Morgan fingerprint density at radius 1 is 0.500 bits per heavy atom. The lowest BCUT2D eigenvalue weighted by molar-refractivity contribution is -0.539. The summed E-state index contributed by atoms with van der Waals surface area (Å²) in [6, 6.07) is 43.8. The zero-order chi connectivity index (χ0) is 26.9. The molecule has 2 aliphatic rings. The van der Waals surface area contributed by atoms with Crippen LogP contribution in [-0.4, -0.2) is 59.4 Å². The Morgan fingerprint density at radius 2 is 0.850 bits per heavy atom. The van der Waals surface area contributed by atoms with Crippen LogP contribution < -0.4 is 0 Å². The van der Waals surface area contributed by atoms with E-state index < -0.39 is 0 Å². The van der Waals surface area contributed by atoms with Crippen molar-refractivity contribution >= 4 is 11.9 Å². The van der Waals surface area contributed by atoms with Crippen LogP contribution >= 0.6 is 0 Å². The Kier molecular flexibility index (Phi) is 7.74. The Hall–Kier alpha value is -4.38. The molecule has 1 fully saturated rings. The minimum absolute atomic E-state index is 0. The average Bonchev–Trinajstić information content (AvgIpc) is 3.39. The molecule has 5 nitrogen and oxygen atoms in total. The van der Waals surface area contributed by atoms with Crippen LogP contribution in [0, 0.1) is 7.43 Å². The smallest absolute Gasteiger partial charge is 0.358 e. The van der Waals surface area contributed by atoms with E-state index in [0.717, 1.165) is 11.9 Å². The van der Waals surface area contributed by atoms with E-state index in [0.29, 0.717) is 0 Å². The molecule has 5 heteroatoms. The topological polar surface area (TPSA) is 25.1 Å². The molecule has 2 heterocycles. The van der Waals surface area contributed by atoms with Gasteiger partial charge < -0.3 is 17.2 Å². The van der Waals surface area contributed by atoms with Gasteiger partial charge in [-0.3, -0.25) is 9.48 Å². The predicted octanol–water partition coefficient (Wildman–Crippen LogP) is 6.58. The summed E-state index contributed by atoms with van der Waals surface area (Å²) in [6.45, 7) is 0. The molecule has 0 bridgehead atoms. The second kappa shape index (κ2) is 11.4. The fourth-order valence-electron chi connectivity index (χ4n) is 6.47. The van der Waals surface area contributed by atoms with Crippen molar-refractivity contribution in [2.24, 2.45) is 4.99 Å². The highest BCUT2D eigenvalue weighted by Crippen LogP contribution is 2.44. The van der Waals surface area contributed by atoms with Crippen LogP contribution in [0.1, 0.15) is 46.4 Å². The lowest BCUT2D eigenvalue weighted by Crippen LogP contribution is -2.34. The largest absolute Gasteiger partial charge is 0.393 e. The molecule has 204 valence electrons. The third kappa shape index (κ3) is 4.66. The van der Waals surface area contributed by atoms with Gasteiger partial charge >= 0.3 is 5.96 Å². The third-order valence-electron chi connectivity index (χ3n) is 8.29. The number of likely N-dealkylation sites (N-methyl/N-ethyl adjacent to an activating group) is 4. The molecule has 4 atom stereocenters. The van der Waals surface area contributed by atoms with E-state index >= 15 is 0 Å². The van der Waals surface area contributed by atoms with Crippen LogP contribution in [0.15, 0.2) is 126 Å². The molecule has 0 N–H and O–H groups in total. The van der Waals surface area contributed by atoms with E-state index in [4.69, 9.17) is 4.99 Å². The Morgan fingerprint density at radius 3 is 1.25 bits per heavy atom. The van der Waals surface area contributed by atoms with Crippen LogP contribution in [0.4, 0.5) is 0 Å². The summed E-state index contributed by atoms with van der Waals surface area (Å²) in [5.41, 5.74) is 5.14. The molecule has 40 heavy (non-hydrogen) atoms. The number of guanidine groups is 2. The number of benzene rings is 4. The molecule has 0 radical (unpaired) electrons. The summed E-state index contributed by atoms with van der Waals surface area (Å²) in [5, 5.41) is 0. The SMILES string of the molecule is CN1C(=NC2=[N+](C)[C@@H](c3ccccc3)[C@H](c3ccccc3)N2C)N(C)[C@@H](c2ccccc2)[C@@H]1c1ccccc1.[CH3-]. The number of hydrogen-bond acceptors (Lipinski definition) is 2. The first-order valence-corrected chi connectivity index (χ1v) is 13.6. The van der Waals surface area contributed by atoms with Crippen molar-refractivity contribution in [2.45, 2.75) is 24.2 Å². The summed E-state index contributed by atoms with van der Waals surface area (Å²) in [7, 11) is 8.70. The molecule has 4 aromatic rings. The zero-order valence-corrected chi connectivity index (χ0v) is 24.1. The second-order valence-electron chi connectivity index (χ2n) is 10.6. The van der Waals surface area contributed by atoms with Crippen LogP contribution in [0.3, 0.4) is 0 Å². The summed E-state index contributed by atoms with van der Waals surface area (Å²) in [4.78, 5) is 12.5. The summed E-state index contributed by atoms with van der Waals surface area (Å²) in [6.07, 6.45) is 0. The van der Waals surface area contributed by atoms with Crippen molar-refractivity contribution in [3.05, 3.63) is 151 Å². The quantitative estimate of drug-likeness (QED) is 0.221. The van der Waals surface area contributed by atoms with Crippen LogP contribution in [-0.2, 0) is 0 Å². The van der Waals surface area contributed by atoms with Crippen molar-refractivity contribution in [1.29, 1.82) is 0 Å². The van der Waals surface area contributed by atoms with E-state index in [1.807, 2.05) is 0 Å². The first-order valence-electron chi connectivity index (χ1n) is 13.6. The monoisotopic (exact) mass is 529 g/mol. The Bertz CT molecular complexity index is 1410. The summed E-state index contributed by atoms with van der Waals surface area (Å²) >= 11 is 0. The predicted molar refractivity (Wildman–Crippen MR) is 165 cm³/mol. The van der Waals surface area contributed by atoms with E-state index in [2.05, 4.69) is 169 Å². The van der Waals surface area contributed by atoms with Gasteiger partial charge in [-0.15, -0.1) is 0 Å². The standard InChI is InChI=1S/C34H36N5.CH3/c1-36-29(25-17-9-5-10-18-25)30(26-19-11-6-12-20-26)37(2)33(36)35-34-38(3)31(27-21-13-7-14-22-27)32(39(34)4)28-23-15-8-16-24-28;/h5-24,29-32H,1-4H3;1H3/q+1;-1/t29-,30-,31-,32-;/m0./s1. The molecular formula is C35H39N5. The van der Waals surface area contributed by atoms with E-state index in [9.17, 15) is 0 Å². The highest BCUT2D eigenvalue weighted by Gasteiger charge is 2.49. The Balaban J connectivity index is 0.00000323. The number of aliphatic imine (C=N–C) groups is 1. The average molecular weight is 530 g/mol.